The summed E-state index contributed by atoms with van der Waals surface area (Å²) in [5.41, 5.74) is 1.83. The number of carbonyl (C=O) groups is 1. The highest BCUT2D eigenvalue weighted by Crippen LogP contribution is 2.17. The van der Waals surface area contributed by atoms with Crippen molar-refractivity contribution in [1.82, 2.24) is 5.32 Å². The lowest BCUT2D eigenvalue weighted by Gasteiger charge is -2.18. The highest BCUT2D eigenvalue weighted by Gasteiger charge is 2.18. The Morgan fingerprint density at radius 2 is 1.88 bits per heavy atom. The third-order valence-electron chi connectivity index (χ3n) is 2.65. The maximum atomic E-state index is 10.7. The Morgan fingerprint density at radius 1 is 1.29 bits per heavy atom. The molecule has 1 aromatic carbocycles. The van der Waals surface area contributed by atoms with Crippen LogP contribution >= 0.6 is 0 Å². The van der Waals surface area contributed by atoms with Gasteiger partial charge in [0.1, 0.15) is 12.2 Å². The van der Waals surface area contributed by atoms with Crippen LogP contribution < -0.4 is 5.32 Å². The number of aliphatic hydroxyl groups excluding tert-OH is 2. The molecule has 1 amide bonds. The van der Waals surface area contributed by atoms with Crippen LogP contribution in [0.2, 0.25) is 0 Å². The molecule has 0 saturated heterocycles. The first-order valence-corrected chi connectivity index (χ1v) is 5.74. The monoisotopic (exact) mass is 237 g/mol. The van der Waals surface area contributed by atoms with E-state index in [0.29, 0.717) is 5.56 Å². The summed E-state index contributed by atoms with van der Waals surface area (Å²) in [6.45, 7) is 3.47. The molecule has 0 aliphatic heterocycles. The first-order valence-electron chi connectivity index (χ1n) is 5.74. The van der Waals surface area contributed by atoms with Gasteiger partial charge in [-0.15, -0.1) is 0 Å². The van der Waals surface area contributed by atoms with Crippen molar-refractivity contribution < 1.29 is 15.0 Å². The molecule has 0 saturated carbocycles. The van der Waals surface area contributed by atoms with Gasteiger partial charge in [0.25, 0.3) is 0 Å². The van der Waals surface area contributed by atoms with Crippen molar-refractivity contribution in [3.63, 3.8) is 0 Å². The molecule has 1 aromatic rings. The predicted octanol–water partition coefficient (Wildman–Crippen LogP) is 0.779. The minimum Gasteiger partial charge on any atom is -0.388 e. The molecule has 0 bridgehead atoms. The zero-order chi connectivity index (χ0) is 12.8. The van der Waals surface area contributed by atoms with Gasteiger partial charge in [-0.3, -0.25) is 4.79 Å². The number of rotatable bonds is 5. The van der Waals surface area contributed by atoms with E-state index in [4.69, 9.17) is 0 Å². The van der Waals surface area contributed by atoms with E-state index < -0.39 is 12.2 Å². The Morgan fingerprint density at radius 3 is 2.35 bits per heavy atom. The van der Waals surface area contributed by atoms with E-state index in [9.17, 15) is 15.0 Å². The molecule has 0 spiro atoms. The fourth-order valence-corrected chi connectivity index (χ4v) is 1.53. The Kier molecular flexibility index (Phi) is 5.12. The standard InChI is InChI=1S/C13H19NO3/c1-3-10-4-6-11(7-5-10)13(17)12(16)8-14-9(2)15/h4-7,12-13,16-17H,3,8H2,1-2H3,(H,14,15). The first-order chi connectivity index (χ1) is 8.04. The number of benzene rings is 1. The molecule has 0 aliphatic rings. The highest BCUT2D eigenvalue weighted by atomic mass is 16.3. The molecule has 17 heavy (non-hydrogen) atoms. The van der Waals surface area contributed by atoms with Crippen molar-refractivity contribution in [2.75, 3.05) is 6.54 Å². The molecule has 0 aromatic heterocycles. The summed E-state index contributed by atoms with van der Waals surface area (Å²) in [5, 5.41) is 22.0. The van der Waals surface area contributed by atoms with Gasteiger partial charge in [-0.2, -0.15) is 0 Å². The van der Waals surface area contributed by atoms with Gasteiger partial charge in [-0.25, -0.2) is 0 Å². The van der Waals surface area contributed by atoms with Crippen LogP contribution in [0.1, 0.15) is 31.1 Å². The third kappa shape index (κ3) is 4.17. The van der Waals surface area contributed by atoms with Gasteiger partial charge in [0.15, 0.2) is 0 Å². The van der Waals surface area contributed by atoms with Gasteiger partial charge >= 0.3 is 0 Å². The van der Waals surface area contributed by atoms with Crippen molar-refractivity contribution in [1.29, 1.82) is 0 Å². The summed E-state index contributed by atoms with van der Waals surface area (Å²) in [7, 11) is 0. The zero-order valence-electron chi connectivity index (χ0n) is 10.2. The van der Waals surface area contributed by atoms with Crippen molar-refractivity contribution in [3.8, 4) is 0 Å². The summed E-state index contributed by atoms with van der Waals surface area (Å²) < 4.78 is 0. The second kappa shape index (κ2) is 6.37. The number of carbonyl (C=O) groups excluding carboxylic acids is 1. The number of amides is 1. The summed E-state index contributed by atoms with van der Waals surface area (Å²) in [4.78, 5) is 10.7. The van der Waals surface area contributed by atoms with E-state index in [1.807, 2.05) is 12.1 Å². The topological polar surface area (TPSA) is 69.6 Å². The van der Waals surface area contributed by atoms with E-state index in [2.05, 4.69) is 12.2 Å². The van der Waals surface area contributed by atoms with Crippen molar-refractivity contribution >= 4 is 5.91 Å². The molecule has 94 valence electrons. The van der Waals surface area contributed by atoms with Crippen LogP contribution in [0.25, 0.3) is 0 Å². The molecular formula is C13H19NO3. The van der Waals surface area contributed by atoms with E-state index in [1.54, 1.807) is 12.1 Å². The Labute approximate surface area is 101 Å². The fraction of sp³-hybridized carbons (Fsp3) is 0.462. The van der Waals surface area contributed by atoms with Crippen LogP contribution in [0, 0.1) is 0 Å². The maximum absolute atomic E-state index is 10.7. The summed E-state index contributed by atoms with van der Waals surface area (Å²) >= 11 is 0. The van der Waals surface area contributed by atoms with Crippen LogP contribution in [0.3, 0.4) is 0 Å². The van der Waals surface area contributed by atoms with Gasteiger partial charge in [-0.05, 0) is 17.5 Å². The van der Waals surface area contributed by atoms with Crippen molar-refractivity contribution in [3.05, 3.63) is 35.4 Å². The molecule has 1 rings (SSSR count). The van der Waals surface area contributed by atoms with Gasteiger partial charge in [0.05, 0.1) is 0 Å². The van der Waals surface area contributed by atoms with E-state index in [-0.39, 0.29) is 12.5 Å². The molecule has 0 heterocycles. The minimum absolute atomic E-state index is 0.0476. The van der Waals surface area contributed by atoms with Crippen LogP contribution in [-0.2, 0) is 11.2 Å². The van der Waals surface area contributed by atoms with Crippen LogP contribution in [0.15, 0.2) is 24.3 Å². The summed E-state index contributed by atoms with van der Waals surface area (Å²) in [6, 6.07) is 7.42. The second-order valence-electron chi connectivity index (χ2n) is 4.04. The van der Waals surface area contributed by atoms with Gasteiger partial charge in [0.2, 0.25) is 5.91 Å². The normalized spacial score (nSPS) is 14.1. The molecule has 0 radical (unpaired) electrons. The number of hydrogen-bond donors (Lipinski definition) is 3. The quantitative estimate of drug-likeness (QED) is 0.708. The fourth-order valence-electron chi connectivity index (χ4n) is 1.53. The number of aryl methyl sites for hydroxylation is 1. The number of nitrogens with one attached hydrogen (secondary N) is 1. The molecule has 0 aliphatic carbocycles. The van der Waals surface area contributed by atoms with Crippen LogP contribution in [0.5, 0.6) is 0 Å². The maximum Gasteiger partial charge on any atom is 0.216 e. The lowest BCUT2D eigenvalue weighted by molar-refractivity contribution is -0.119. The predicted molar refractivity (Wildman–Crippen MR) is 65.5 cm³/mol. The SMILES string of the molecule is CCc1ccc(C(O)C(O)CNC(C)=O)cc1. The molecule has 4 nitrogen and oxygen atoms in total. The minimum atomic E-state index is -0.994. The zero-order valence-corrected chi connectivity index (χ0v) is 10.2. The van der Waals surface area contributed by atoms with Gasteiger partial charge in [-0.1, -0.05) is 31.2 Å². The molecule has 0 fully saturated rings. The van der Waals surface area contributed by atoms with Gasteiger partial charge in [0, 0.05) is 13.5 Å². The molecule has 2 unspecified atom stereocenters. The van der Waals surface area contributed by atoms with E-state index in [1.165, 1.54) is 12.5 Å². The van der Waals surface area contributed by atoms with E-state index in [0.717, 1.165) is 6.42 Å². The Hall–Kier alpha value is -1.39. The lowest BCUT2D eigenvalue weighted by atomic mass is 10.0. The van der Waals surface area contributed by atoms with Crippen LogP contribution in [0.4, 0.5) is 0 Å². The van der Waals surface area contributed by atoms with Crippen LogP contribution in [-0.4, -0.2) is 28.8 Å². The van der Waals surface area contributed by atoms with Gasteiger partial charge < -0.3 is 15.5 Å². The first kappa shape index (κ1) is 13.7. The molecule has 4 heteroatoms. The number of aliphatic hydroxyl groups is 2. The Bertz CT molecular complexity index is 361. The largest absolute Gasteiger partial charge is 0.388 e. The smallest absolute Gasteiger partial charge is 0.216 e. The third-order valence-corrected chi connectivity index (χ3v) is 2.65. The molecule has 3 N–H and O–H groups in total. The second-order valence-corrected chi connectivity index (χ2v) is 4.04. The summed E-state index contributed by atoms with van der Waals surface area (Å²) in [6.07, 6.45) is -1.04. The summed E-state index contributed by atoms with van der Waals surface area (Å²) in [5.74, 6) is -0.224. The molecule has 2 atom stereocenters. The highest BCUT2D eigenvalue weighted by molar-refractivity contribution is 5.72. The average Bonchev–Trinajstić information content (AvgIpc) is 2.35. The lowest BCUT2D eigenvalue weighted by Crippen LogP contribution is -2.34. The Balaban J connectivity index is 2.60. The molecular weight excluding hydrogens is 218 g/mol. The average molecular weight is 237 g/mol. The van der Waals surface area contributed by atoms with Crippen molar-refractivity contribution in [2.24, 2.45) is 0 Å². The van der Waals surface area contributed by atoms with E-state index >= 15 is 0 Å². The number of hydrogen-bond acceptors (Lipinski definition) is 3. The van der Waals surface area contributed by atoms with Crippen molar-refractivity contribution in [2.45, 2.75) is 32.5 Å².